The van der Waals surface area contributed by atoms with Crippen molar-refractivity contribution in [1.82, 2.24) is 19.8 Å². The zero-order valence-electron chi connectivity index (χ0n) is 21.1. The number of benzene rings is 2. The first kappa shape index (κ1) is 23.2. The number of rotatable bonds is 5. The van der Waals surface area contributed by atoms with Gasteiger partial charge in [-0.3, -0.25) is 9.69 Å². The summed E-state index contributed by atoms with van der Waals surface area (Å²) in [6.45, 7) is 7.82. The fourth-order valence-electron chi connectivity index (χ4n) is 6.00. The molecule has 2 N–H and O–H groups in total. The molecule has 0 radical (unpaired) electrons. The predicted octanol–water partition coefficient (Wildman–Crippen LogP) is 5.73. The summed E-state index contributed by atoms with van der Waals surface area (Å²) in [5.74, 6) is 0.449. The van der Waals surface area contributed by atoms with Crippen LogP contribution in [0, 0.1) is 6.92 Å². The summed E-state index contributed by atoms with van der Waals surface area (Å²) in [5, 5.41) is 5.22. The van der Waals surface area contributed by atoms with Crippen LogP contribution in [0.5, 0.6) is 0 Å². The molecule has 6 heteroatoms. The lowest BCUT2D eigenvalue weighted by Gasteiger charge is -2.40. The Morgan fingerprint density at radius 3 is 2.50 bits per heavy atom. The number of nitrogens with one attached hydrogen (secondary N) is 2. The third-order valence-electron chi connectivity index (χ3n) is 8.01. The second-order valence-corrected chi connectivity index (χ2v) is 10.4. The standard InChI is InChI=1S/C30H35N5O/c1-21-29-26(25-7-3-4-8-27(25)32-29)19-28(31-21)33-30(36)23-11-9-22(10-12-23)20-34-17-13-24(14-18-34)35-15-5-2-6-16-35/h3-4,7-12,19,24,32H,2,5-6,13-18,20H2,1H3,(H,31,33,36). The summed E-state index contributed by atoms with van der Waals surface area (Å²) in [6.07, 6.45) is 6.68. The van der Waals surface area contributed by atoms with Crippen LogP contribution in [0.2, 0.25) is 0 Å². The Kier molecular flexibility index (Phi) is 6.46. The second kappa shape index (κ2) is 10.0. The van der Waals surface area contributed by atoms with E-state index in [1.165, 1.54) is 50.8 Å². The maximum atomic E-state index is 13.0. The average Bonchev–Trinajstić information content (AvgIpc) is 3.29. The van der Waals surface area contributed by atoms with Gasteiger partial charge in [0.1, 0.15) is 5.82 Å². The minimum atomic E-state index is -0.130. The van der Waals surface area contributed by atoms with Gasteiger partial charge in [-0.15, -0.1) is 0 Å². The number of H-pyrrole nitrogens is 1. The molecule has 6 nitrogen and oxygen atoms in total. The summed E-state index contributed by atoms with van der Waals surface area (Å²) >= 11 is 0. The normalized spacial score (nSPS) is 18.1. The number of amides is 1. The number of hydrogen-bond acceptors (Lipinski definition) is 4. The average molecular weight is 482 g/mol. The van der Waals surface area contributed by atoms with E-state index in [-0.39, 0.29) is 5.91 Å². The number of aromatic nitrogens is 2. The van der Waals surface area contributed by atoms with E-state index in [0.29, 0.717) is 11.4 Å². The van der Waals surface area contributed by atoms with E-state index in [1.807, 2.05) is 37.3 Å². The smallest absolute Gasteiger partial charge is 0.256 e. The minimum absolute atomic E-state index is 0.130. The molecule has 0 saturated carbocycles. The van der Waals surface area contributed by atoms with E-state index in [9.17, 15) is 4.79 Å². The maximum Gasteiger partial charge on any atom is 0.256 e. The van der Waals surface area contributed by atoms with Crippen LogP contribution in [0.15, 0.2) is 54.6 Å². The Balaban J connectivity index is 1.08. The van der Waals surface area contributed by atoms with Gasteiger partial charge in [0.15, 0.2) is 0 Å². The summed E-state index contributed by atoms with van der Waals surface area (Å²) in [4.78, 5) is 26.3. The quantitative estimate of drug-likeness (QED) is 0.382. The van der Waals surface area contributed by atoms with Crippen molar-refractivity contribution in [1.29, 1.82) is 0 Å². The van der Waals surface area contributed by atoms with Gasteiger partial charge in [-0.2, -0.15) is 0 Å². The zero-order valence-corrected chi connectivity index (χ0v) is 21.1. The van der Waals surface area contributed by atoms with E-state index in [2.05, 4.69) is 49.4 Å². The number of nitrogens with zero attached hydrogens (tertiary/aromatic N) is 3. The van der Waals surface area contributed by atoms with Gasteiger partial charge in [-0.1, -0.05) is 36.8 Å². The zero-order chi connectivity index (χ0) is 24.5. The highest BCUT2D eigenvalue weighted by atomic mass is 16.1. The molecule has 4 aromatic rings. The van der Waals surface area contributed by atoms with Gasteiger partial charge >= 0.3 is 0 Å². The van der Waals surface area contributed by atoms with Crippen molar-refractivity contribution in [3.8, 4) is 0 Å². The Morgan fingerprint density at radius 2 is 1.72 bits per heavy atom. The number of aryl methyl sites for hydroxylation is 1. The Bertz CT molecular complexity index is 1360. The maximum absolute atomic E-state index is 13.0. The molecule has 0 spiro atoms. The monoisotopic (exact) mass is 481 g/mol. The third-order valence-corrected chi connectivity index (χ3v) is 8.01. The van der Waals surface area contributed by atoms with Crippen LogP contribution in [0.4, 0.5) is 5.82 Å². The minimum Gasteiger partial charge on any atom is -0.353 e. The molecule has 186 valence electrons. The fourth-order valence-corrected chi connectivity index (χ4v) is 6.00. The molecule has 0 unspecified atom stereocenters. The van der Waals surface area contributed by atoms with Crippen molar-refractivity contribution in [3.05, 3.63) is 71.4 Å². The van der Waals surface area contributed by atoms with Crippen LogP contribution in [0.25, 0.3) is 21.8 Å². The van der Waals surface area contributed by atoms with Gasteiger partial charge in [0.2, 0.25) is 0 Å². The molecule has 0 aliphatic carbocycles. The summed E-state index contributed by atoms with van der Waals surface area (Å²) in [6, 6.07) is 19.0. The van der Waals surface area contributed by atoms with Gasteiger partial charge < -0.3 is 15.2 Å². The molecule has 2 fully saturated rings. The lowest BCUT2D eigenvalue weighted by Crippen LogP contribution is -2.46. The second-order valence-electron chi connectivity index (χ2n) is 10.4. The van der Waals surface area contributed by atoms with Gasteiger partial charge in [-0.25, -0.2) is 4.98 Å². The van der Waals surface area contributed by atoms with Crippen molar-refractivity contribution in [2.45, 2.75) is 51.6 Å². The number of piperidine rings is 2. The number of hydrogen-bond donors (Lipinski definition) is 2. The summed E-state index contributed by atoms with van der Waals surface area (Å²) in [7, 11) is 0. The van der Waals surface area contributed by atoms with Crippen LogP contribution in [0.1, 0.15) is 53.7 Å². The Morgan fingerprint density at radius 1 is 0.972 bits per heavy atom. The van der Waals surface area contributed by atoms with Crippen LogP contribution >= 0.6 is 0 Å². The summed E-state index contributed by atoms with van der Waals surface area (Å²) < 4.78 is 0. The highest BCUT2D eigenvalue weighted by Crippen LogP contribution is 2.29. The highest BCUT2D eigenvalue weighted by Gasteiger charge is 2.25. The Labute approximate surface area is 212 Å². The lowest BCUT2D eigenvalue weighted by atomic mass is 9.99. The van der Waals surface area contributed by atoms with E-state index >= 15 is 0 Å². The number of pyridine rings is 1. The molecule has 36 heavy (non-hydrogen) atoms. The molecule has 2 aliphatic heterocycles. The van der Waals surface area contributed by atoms with E-state index in [4.69, 9.17) is 0 Å². The first-order chi connectivity index (χ1) is 17.6. The van der Waals surface area contributed by atoms with E-state index < -0.39 is 0 Å². The third kappa shape index (κ3) is 4.75. The van der Waals surface area contributed by atoms with Gasteiger partial charge in [0, 0.05) is 34.4 Å². The SMILES string of the molecule is Cc1nc(NC(=O)c2ccc(CN3CCC(N4CCCCC4)CC3)cc2)cc2c1[nH]c1ccccc12. The highest BCUT2D eigenvalue weighted by molar-refractivity contribution is 6.10. The fraction of sp³-hybridized carbons (Fsp3) is 0.400. The van der Waals surface area contributed by atoms with Crippen LogP contribution < -0.4 is 5.32 Å². The van der Waals surface area contributed by atoms with Crippen molar-refractivity contribution >= 4 is 33.5 Å². The van der Waals surface area contributed by atoms with Crippen molar-refractivity contribution in [2.75, 3.05) is 31.5 Å². The predicted molar refractivity (Wildman–Crippen MR) is 146 cm³/mol. The first-order valence-electron chi connectivity index (χ1n) is 13.4. The van der Waals surface area contributed by atoms with Crippen molar-refractivity contribution in [2.24, 2.45) is 0 Å². The largest absolute Gasteiger partial charge is 0.353 e. The molecule has 2 saturated heterocycles. The number of carbonyl (C=O) groups excluding carboxylic acids is 1. The van der Waals surface area contributed by atoms with Crippen molar-refractivity contribution < 1.29 is 4.79 Å². The molecule has 6 rings (SSSR count). The number of anilines is 1. The van der Waals surface area contributed by atoms with Crippen LogP contribution in [-0.4, -0.2) is 57.9 Å². The van der Waals surface area contributed by atoms with Crippen molar-refractivity contribution in [3.63, 3.8) is 0 Å². The molecule has 4 heterocycles. The van der Waals surface area contributed by atoms with E-state index in [1.54, 1.807) is 0 Å². The molecule has 2 aromatic heterocycles. The van der Waals surface area contributed by atoms with Gasteiger partial charge in [-0.05, 0) is 88.6 Å². The molecule has 0 bridgehead atoms. The number of aromatic amines is 1. The van der Waals surface area contributed by atoms with Gasteiger partial charge in [0.05, 0.1) is 11.2 Å². The number of likely N-dealkylation sites (tertiary alicyclic amines) is 2. The van der Waals surface area contributed by atoms with Crippen LogP contribution in [-0.2, 0) is 6.54 Å². The van der Waals surface area contributed by atoms with Gasteiger partial charge in [0.25, 0.3) is 5.91 Å². The molecular weight excluding hydrogens is 446 g/mol. The number of para-hydroxylation sites is 1. The molecule has 0 atom stereocenters. The van der Waals surface area contributed by atoms with Crippen LogP contribution in [0.3, 0.4) is 0 Å². The first-order valence-corrected chi connectivity index (χ1v) is 13.4. The number of fused-ring (bicyclic) bond motifs is 3. The lowest BCUT2D eigenvalue weighted by molar-refractivity contribution is 0.0896. The van der Waals surface area contributed by atoms with E-state index in [0.717, 1.165) is 53.2 Å². The number of carbonyl (C=O) groups is 1. The molecule has 2 aromatic carbocycles. The molecule has 2 aliphatic rings. The Hall–Kier alpha value is -3.22. The topological polar surface area (TPSA) is 64.3 Å². The molecule has 1 amide bonds. The summed E-state index contributed by atoms with van der Waals surface area (Å²) in [5.41, 5.74) is 4.88. The molecular formula is C30H35N5O.